The van der Waals surface area contributed by atoms with Crippen molar-refractivity contribution >= 4 is 46.0 Å². The highest BCUT2D eigenvalue weighted by Gasteiger charge is 2.47. The van der Waals surface area contributed by atoms with Gasteiger partial charge < -0.3 is 9.32 Å². The van der Waals surface area contributed by atoms with Crippen LogP contribution in [0.5, 0.6) is 0 Å². The number of amides is 3. The number of halogens is 1. The molecule has 2 aliphatic rings. The first kappa shape index (κ1) is 18.2. The van der Waals surface area contributed by atoms with Crippen molar-refractivity contribution in [2.24, 2.45) is 0 Å². The second-order valence-corrected chi connectivity index (χ2v) is 8.14. The van der Waals surface area contributed by atoms with E-state index in [2.05, 4.69) is 22.6 Å². The Morgan fingerprint density at radius 3 is 2.44 bits per heavy atom. The maximum absolute atomic E-state index is 13.2. The third-order valence-corrected chi connectivity index (χ3v) is 5.95. The highest BCUT2D eigenvalue weighted by molar-refractivity contribution is 14.1. The van der Waals surface area contributed by atoms with Crippen molar-refractivity contribution in [3.05, 3.63) is 52.0 Å². The Labute approximate surface area is 170 Å². The number of hydrogen-bond acceptors (Lipinski definition) is 4. The average molecular weight is 478 g/mol. The van der Waals surface area contributed by atoms with Gasteiger partial charge in [0.2, 0.25) is 5.91 Å². The molecule has 1 unspecified atom stereocenters. The number of nitrogens with zero attached hydrogens (tertiary/aromatic N) is 2. The van der Waals surface area contributed by atoms with Crippen LogP contribution in [0.1, 0.15) is 42.7 Å². The van der Waals surface area contributed by atoms with Crippen molar-refractivity contribution in [1.82, 2.24) is 4.90 Å². The molecule has 0 bridgehead atoms. The summed E-state index contributed by atoms with van der Waals surface area (Å²) < 4.78 is 6.30. The normalized spacial score (nSPS) is 20.5. The number of furan rings is 1. The first-order chi connectivity index (χ1) is 13.1. The SMILES string of the molecule is O=C1CC(N(C(=O)c2ccco2)C2CCCC2)C(=O)N1c1ccc(I)cc1. The Kier molecular flexibility index (Phi) is 5.03. The van der Waals surface area contributed by atoms with E-state index in [0.717, 1.165) is 29.3 Å². The Bertz CT molecular complexity index is 857. The van der Waals surface area contributed by atoms with E-state index in [4.69, 9.17) is 4.42 Å². The van der Waals surface area contributed by atoms with Gasteiger partial charge in [-0.3, -0.25) is 14.4 Å². The summed E-state index contributed by atoms with van der Waals surface area (Å²) >= 11 is 2.17. The van der Waals surface area contributed by atoms with Gasteiger partial charge in [0.15, 0.2) is 5.76 Å². The molecule has 0 radical (unpaired) electrons. The predicted octanol–water partition coefficient (Wildman–Crippen LogP) is 3.60. The molecular weight excluding hydrogens is 459 g/mol. The quantitative estimate of drug-likeness (QED) is 0.498. The standard InChI is InChI=1S/C20H19IN2O4/c21-13-7-9-15(10-8-13)23-18(24)12-16(19(23)25)22(14-4-1-2-5-14)20(26)17-6-3-11-27-17/h3,6-11,14,16H,1-2,4-5,12H2. The smallest absolute Gasteiger partial charge is 0.290 e. The van der Waals surface area contributed by atoms with Gasteiger partial charge >= 0.3 is 0 Å². The van der Waals surface area contributed by atoms with Crippen molar-refractivity contribution in [2.45, 2.75) is 44.2 Å². The van der Waals surface area contributed by atoms with Gasteiger partial charge in [-0.1, -0.05) is 12.8 Å². The molecule has 2 aromatic rings. The maximum atomic E-state index is 13.2. The number of imide groups is 1. The fraction of sp³-hybridized carbons (Fsp3) is 0.350. The molecular formula is C20H19IN2O4. The first-order valence-corrected chi connectivity index (χ1v) is 10.1. The Balaban J connectivity index is 1.66. The van der Waals surface area contributed by atoms with Gasteiger partial charge in [-0.05, 0) is 71.8 Å². The van der Waals surface area contributed by atoms with Crippen LogP contribution in [0.2, 0.25) is 0 Å². The third-order valence-electron chi connectivity index (χ3n) is 5.23. The highest BCUT2D eigenvalue weighted by atomic mass is 127. The zero-order valence-corrected chi connectivity index (χ0v) is 16.8. The minimum Gasteiger partial charge on any atom is -0.459 e. The van der Waals surface area contributed by atoms with E-state index in [-0.39, 0.29) is 35.9 Å². The molecule has 6 nitrogen and oxygen atoms in total. The first-order valence-electron chi connectivity index (χ1n) is 9.05. The lowest BCUT2D eigenvalue weighted by Crippen LogP contribution is -2.50. The summed E-state index contributed by atoms with van der Waals surface area (Å²) in [7, 11) is 0. The lowest BCUT2D eigenvalue weighted by Gasteiger charge is -2.32. The second-order valence-electron chi connectivity index (χ2n) is 6.89. The topological polar surface area (TPSA) is 70.8 Å². The van der Waals surface area contributed by atoms with Crippen LogP contribution in [0, 0.1) is 3.57 Å². The Hall–Kier alpha value is -2.16. The summed E-state index contributed by atoms with van der Waals surface area (Å²) in [4.78, 5) is 41.7. The third kappa shape index (κ3) is 3.40. The number of rotatable bonds is 4. The van der Waals surface area contributed by atoms with E-state index in [9.17, 15) is 14.4 Å². The van der Waals surface area contributed by atoms with E-state index >= 15 is 0 Å². The van der Waals surface area contributed by atoms with Crippen molar-refractivity contribution in [3.8, 4) is 0 Å². The van der Waals surface area contributed by atoms with E-state index in [0.29, 0.717) is 5.69 Å². The Morgan fingerprint density at radius 1 is 1.11 bits per heavy atom. The molecule has 1 saturated carbocycles. The van der Waals surface area contributed by atoms with E-state index in [1.807, 2.05) is 12.1 Å². The number of carbonyl (C=O) groups excluding carboxylic acids is 3. The largest absolute Gasteiger partial charge is 0.459 e. The van der Waals surface area contributed by atoms with Crippen molar-refractivity contribution in [2.75, 3.05) is 4.90 Å². The monoisotopic (exact) mass is 478 g/mol. The van der Waals surface area contributed by atoms with Crippen molar-refractivity contribution in [3.63, 3.8) is 0 Å². The van der Waals surface area contributed by atoms with Crippen molar-refractivity contribution < 1.29 is 18.8 Å². The summed E-state index contributed by atoms with van der Waals surface area (Å²) in [6.45, 7) is 0. The number of benzene rings is 1. The summed E-state index contributed by atoms with van der Waals surface area (Å²) in [5, 5.41) is 0. The van der Waals surface area contributed by atoms with Crippen LogP contribution >= 0.6 is 22.6 Å². The van der Waals surface area contributed by atoms with Gasteiger partial charge in [0.05, 0.1) is 18.4 Å². The van der Waals surface area contributed by atoms with Gasteiger partial charge in [0, 0.05) is 9.61 Å². The van der Waals surface area contributed by atoms with Crippen molar-refractivity contribution in [1.29, 1.82) is 0 Å². The number of carbonyl (C=O) groups is 3. The second kappa shape index (κ2) is 7.46. The van der Waals surface area contributed by atoms with Crippen LogP contribution < -0.4 is 4.90 Å². The Morgan fingerprint density at radius 2 is 1.81 bits per heavy atom. The minimum absolute atomic E-state index is 0.00771. The predicted molar refractivity (Wildman–Crippen MR) is 107 cm³/mol. The molecule has 1 saturated heterocycles. The molecule has 0 spiro atoms. The average Bonchev–Trinajstić information content (AvgIpc) is 3.40. The molecule has 1 aliphatic carbocycles. The lowest BCUT2D eigenvalue weighted by atomic mass is 10.1. The summed E-state index contributed by atoms with van der Waals surface area (Å²) in [6, 6.07) is 9.65. The van der Waals surface area contributed by atoms with Crippen LogP contribution in [0.15, 0.2) is 47.1 Å². The highest BCUT2D eigenvalue weighted by Crippen LogP contribution is 2.33. The minimum atomic E-state index is -0.780. The molecule has 27 heavy (non-hydrogen) atoms. The molecule has 3 amide bonds. The molecule has 2 fully saturated rings. The van der Waals surface area contributed by atoms with E-state index in [1.54, 1.807) is 29.2 Å². The molecule has 1 aromatic carbocycles. The zero-order chi connectivity index (χ0) is 19.0. The molecule has 1 atom stereocenters. The molecule has 1 aromatic heterocycles. The van der Waals surface area contributed by atoms with Crippen LogP contribution in [-0.2, 0) is 9.59 Å². The maximum Gasteiger partial charge on any atom is 0.290 e. The summed E-state index contributed by atoms with van der Waals surface area (Å²) in [5.41, 5.74) is 0.546. The van der Waals surface area contributed by atoms with Gasteiger partial charge in [0.1, 0.15) is 6.04 Å². The van der Waals surface area contributed by atoms with Crippen LogP contribution in [0.4, 0.5) is 5.69 Å². The van der Waals surface area contributed by atoms with E-state index < -0.39 is 6.04 Å². The van der Waals surface area contributed by atoms with Gasteiger partial charge in [-0.15, -0.1) is 0 Å². The number of anilines is 1. The molecule has 1 aliphatic heterocycles. The molecule has 0 N–H and O–H groups in total. The zero-order valence-electron chi connectivity index (χ0n) is 14.6. The van der Waals surface area contributed by atoms with Gasteiger partial charge in [-0.25, -0.2) is 4.90 Å². The van der Waals surface area contributed by atoms with Crippen LogP contribution in [0.25, 0.3) is 0 Å². The summed E-state index contributed by atoms with van der Waals surface area (Å²) in [6.07, 6.45) is 5.17. The summed E-state index contributed by atoms with van der Waals surface area (Å²) in [5.74, 6) is -0.730. The van der Waals surface area contributed by atoms with E-state index in [1.165, 1.54) is 11.2 Å². The fourth-order valence-electron chi connectivity index (χ4n) is 3.97. The van der Waals surface area contributed by atoms with Crippen LogP contribution in [-0.4, -0.2) is 34.7 Å². The molecule has 7 heteroatoms. The molecule has 2 heterocycles. The van der Waals surface area contributed by atoms with Gasteiger partial charge in [-0.2, -0.15) is 0 Å². The van der Waals surface area contributed by atoms with Gasteiger partial charge in [0.25, 0.3) is 11.8 Å². The molecule has 4 rings (SSSR count). The lowest BCUT2D eigenvalue weighted by molar-refractivity contribution is -0.123. The van der Waals surface area contributed by atoms with Crippen LogP contribution in [0.3, 0.4) is 0 Å². The number of hydrogen-bond donors (Lipinski definition) is 0. The fourth-order valence-corrected chi connectivity index (χ4v) is 4.33. The molecule has 140 valence electrons.